The maximum absolute atomic E-state index is 12.0. The number of hydrogen-bond acceptors (Lipinski definition) is 3. The summed E-state index contributed by atoms with van der Waals surface area (Å²) >= 11 is 0. The van der Waals surface area contributed by atoms with E-state index in [-0.39, 0.29) is 0 Å². The molecule has 0 radical (unpaired) electrons. The molecule has 4 nitrogen and oxygen atoms in total. The van der Waals surface area contributed by atoms with Crippen LogP contribution in [-0.2, 0) is 4.79 Å². The number of rotatable bonds is 6. The minimum atomic E-state index is -0.666. The Labute approximate surface area is 121 Å². The molecule has 3 rings (SSSR count). The molecule has 1 heterocycles. The molecule has 1 atom stereocenters. The summed E-state index contributed by atoms with van der Waals surface area (Å²) in [5.74, 6) is -0.264. The smallest absolute Gasteiger partial charge is 0.325 e. The highest BCUT2D eigenvalue weighted by atomic mass is 16.4. The maximum atomic E-state index is 12.0. The van der Waals surface area contributed by atoms with Crippen molar-refractivity contribution in [1.82, 2.24) is 10.2 Å². The molecule has 3 aliphatic rings. The van der Waals surface area contributed by atoms with Crippen LogP contribution < -0.4 is 5.32 Å². The van der Waals surface area contributed by atoms with Crippen molar-refractivity contribution in [2.75, 3.05) is 19.6 Å². The molecule has 2 saturated carbocycles. The second-order valence-electron chi connectivity index (χ2n) is 7.01. The van der Waals surface area contributed by atoms with Crippen molar-refractivity contribution in [2.24, 2.45) is 5.92 Å². The molecule has 20 heavy (non-hydrogen) atoms. The van der Waals surface area contributed by atoms with Gasteiger partial charge in [-0.2, -0.15) is 0 Å². The molecular formula is C16H28N2O2. The molecular weight excluding hydrogens is 252 g/mol. The van der Waals surface area contributed by atoms with Crippen LogP contribution in [0.25, 0.3) is 0 Å². The topological polar surface area (TPSA) is 52.6 Å². The molecule has 0 amide bonds. The molecule has 0 spiro atoms. The van der Waals surface area contributed by atoms with Gasteiger partial charge in [0.15, 0.2) is 0 Å². The Morgan fingerprint density at radius 2 is 1.65 bits per heavy atom. The van der Waals surface area contributed by atoms with E-state index in [1.165, 1.54) is 32.1 Å². The van der Waals surface area contributed by atoms with Crippen molar-refractivity contribution >= 4 is 5.97 Å². The van der Waals surface area contributed by atoms with Crippen LogP contribution in [0.2, 0.25) is 0 Å². The van der Waals surface area contributed by atoms with Crippen LogP contribution >= 0.6 is 0 Å². The van der Waals surface area contributed by atoms with Crippen LogP contribution in [0, 0.1) is 5.92 Å². The van der Waals surface area contributed by atoms with Gasteiger partial charge in [-0.05, 0) is 57.5 Å². The first-order valence-electron chi connectivity index (χ1n) is 8.44. The van der Waals surface area contributed by atoms with E-state index in [2.05, 4.69) is 10.2 Å². The van der Waals surface area contributed by atoms with Crippen LogP contribution in [0.4, 0.5) is 0 Å². The third-order valence-corrected chi connectivity index (χ3v) is 5.12. The summed E-state index contributed by atoms with van der Waals surface area (Å²) in [4.78, 5) is 14.4. The monoisotopic (exact) mass is 280 g/mol. The van der Waals surface area contributed by atoms with Gasteiger partial charge >= 0.3 is 5.97 Å². The normalized spacial score (nSPS) is 28.4. The Balaban J connectivity index is 1.68. The first-order valence-corrected chi connectivity index (χ1v) is 8.44. The molecule has 1 saturated heterocycles. The van der Waals surface area contributed by atoms with Gasteiger partial charge in [0, 0.05) is 12.6 Å². The van der Waals surface area contributed by atoms with Crippen molar-refractivity contribution < 1.29 is 9.90 Å². The molecule has 1 unspecified atom stereocenters. The van der Waals surface area contributed by atoms with Gasteiger partial charge in [0.05, 0.1) is 0 Å². The highest BCUT2D eigenvalue weighted by Crippen LogP contribution is 2.42. The number of nitrogens with zero attached hydrogens (tertiary/aromatic N) is 1. The number of likely N-dealkylation sites (tertiary alicyclic amines) is 1. The average Bonchev–Trinajstić information content (AvgIpc) is 3.24. The summed E-state index contributed by atoms with van der Waals surface area (Å²) in [5.41, 5.74) is -0.666. The van der Waals surface area contributed by atoms with Gasteiger partial charge in [0.1, 0.15) is 5.54 Å². The molecule has 3 fully saturated rings. The number of carboxylic acids is 1. The summed E-state index contributed by atoms with van der Waals surface area (Å²) in [6.07, 6.45) is 10.9. The lowest BCUT2D eigenvalue weighted by Gasteiger charge is -2.37. The second kappa shape index (κ2) is 6.02. The molecule has 0 aromatic heterocycles. The van der Waals surface area contributed by atoms with E-state index in [0.717, 1.165) is 38.8 Å². The van der Waals surface area contributed by atoms with E-state index in [1.807, 2.05) is 0 Å². The lowest BCUT2D eigenvalue weighted by atomic mass is 9.91. The fourth-order valence-corrected chi connectivity index (χ4v) is 3.59. The molecule has 2 aliphatic carbocycles. The average molecular weight is 280 g/mol. The van der Waals surface area contributed by atoms with Crippen LogP contribution in [0.5, 0.6) is 0 Å². The summed E-state index contributed by atoms with van der Waals surface area (Å²) in [6, 6.07) is 0.460. The fraction of sp³-hybridized carbons (Fsp3) is 0.938. The fourth-order valence-electron chi connectivity index (χ4n) is 3.59. The summed E-state index contributed by atoms with van der Waals surface area (Å²) < 4.78 is 0. The van der Waals surface area contributed by atoms with E-state index >= 15 is 0 Å². The van der Waals surface area contributed by atoms with Crippen molar-refractivity contribution in [3.8, 4) is 0 Å². The summed E-state index contributed by atoms with van der Waals surface area (Å²) in [5, 5.41) is 13.4. The quantitative estimate of drug-likeness (QED) is 0.783. The van der Waals surface area contributed by atoms with Gasteiger partial charge < -0.3 is 10.0 Å². The minimum absolute atomic E-state index is 0.353. The van der Waals surface area contributed by atoms with Gasteiger partial charge in [-0.25, -0.2) is 0 Å². The third-order valence-electron chi connectivity index (χ3n) is 5.12. The van der Waals surface area contributed by atoms with Gasteiger partial charge in [-0.15, -0.1) is 0 Å². The van der Waals surface area contributed by atoms with E-state index in [0.29, 0.717) is 18.5 Å². The Morgan fingerprint density at radius 1 is 1.05 bits per heavy atom. The predicted octanol–water partition coefficient (Wildman–Crippen LogP) is 2.24. The highest BCUT2D eigenvalue weighted by molar-refractivity contribution is 5.80. The van der Waals surface area contributed by atoms with Crippen LogP contribution in [0.15, 0.2) is 0 Å². The molecule has 1 aliphatic heterocycles. The zero-order chi connectivity index (χ0) is 14.0. The highest BCUT2D eigenvalue weighted by Gasteiger charge is 2.53. The molecule has 4 heteroatoms. The number of carbonyl (C=O) groups is 1. The summed E-state index contributed by atoms with van der Waals surface area (Å²) in [6.45, 7) is 2.87. The molecule has 0 aromatic rings. The lowest BCUT2D eigenvalue weighted by Crippen LogP contribution is -2.61. The van der Waals surface area contributed by atoms with E-state index in [9.17, 15) is 9.90 Å². The Hall–Kier alpha value is -0.610. The molecule has 0 aromatic carbocycles. The van der Waals surface area contributed by atoms with E-state index in [4.69, 9.17) is 0 Å². The number of nitrogens with one attached hydrogen (secondary N) is 1. The van der Waals surface area contributed by atoms with E-state index < -0.39 is 11.5 Å². The van der Waals surface area contributed by atoms with Crippen molar-refractivity contribution in [3.05, 3.63) is 0 Å². The number of aliphatic carboxylic acids is 1. The molecule has 114 valence electrons. The third kappa shape index (κ3) is 3.34. The first-order chi connectivity index (χ1) is 9.71. The lowest BCUT2D eigenvalue weighted by molar-refractivity contribution is -0.147. The number of carboxylic acid groups (broad SMARTS) is 1. The van der Waals surface area contributed by atoms with Gasteiger partial charge in [-0.1, -0.05) is 19.3 Å². The van der Waals surface area contributed by atoms with Crippen molar-refractivity contribution in [2.45, 2.75) is 69.4 Å². The van der Waals surface area contributed by atoms with E-state index in [1.54, 1.807) is 0 Å². The Kier molecular flexibility index (Phi) is 4.32. The molecule has 0 bridgehead atoms. The van der Waals surface area contributed by atoms with Crippen LogP contribution in [0.1, 0.15) is 57.8 Å². The van der Waals surface area contributed by atoms with Crippen LogP contribution in [0.3, 0.4) is 0 Å². The maximum Gasteiger partial charge on any atom is 0.325 e. The summed E-state index contributed by atoms with van der Waals surface area (Å²) in [7, 11) is 0. The van der Waals surface area contributed by atoms with Crippen molar-refractivity contribution in [1.29, 1.82) is 0 Å². The first kappa shape index (κ1) is 14.3. The van der Waals surface area contributed by atoms with Crippen molar-refractivity contribution in [3.63, 3.8) is 0 Å². The minimum Gasteiger partial charge on any atom is -0.480 e. The Morgan fingerprint density at radius 3 is 2.15 bits per heavy atom. The molecule has 2 N–H and O–H groups in total. The van der Waals surface area contributed by atoms with Gasteiger partial charge in [-0.3, -0.25) is 10.1 Å². The SMILES string of the molecule is O=C(O)C(CN1CCCCCCC1)(NC1CC1)C1CC1. The second-order valence-corrected chi connectivity index (χ2v) is 7.01. The van der Waals surface area contributed by atoms with Gasteiger partial charge in [0.2, 0.25) is 0 Å². The number of hydrogen-bond donors (Lipinski definition) is 2. The Bertz CT molecular complexity index is 344. The predicted molar refractivity (Wildman–Crippen MR) is 78.8 cm³/mol. The van der Waals surface area contributed by atoms with Crippen LogP contribution in [-0.4, -0.2) is 47.2 Å². The zero-order valence-corrected chi connectivity index (χ0v) is 12.4. The largest absolute Gasteiger partial charge is 0.480 e. The standard InChI is InChI=1S/C16H28N2O2/c19-15(20)16(13-6-7-13,17-14-8-9-14)12-18-10-4-2-1-3-5-11-18/h13-14,17H,1-12H2,(H,19,20). The van der Waals surface area contributed by atoms with Gasteiger partial charge in [0.25, 0.3) is 0 Å². The zero-order valence-electron chi connectivity index (χ0n) is 12.4.